The highest BCUT2D eigenvalue weighted by Gasteiger charge is 2.44. The van der Waals surface area contributed by atoms with E-state index < -0.39 is 29.7 Å². The monoisotopic (exact) mass is 470 g/mol. The highest BCUT2D eigenvalue weighted by Crippen LogP contribution is 2.32. The third-order valence-corrected chi connectivity index (χ3v) is 6.61. The van der Waals surface area contributed by atoms with Crippen LogP contribution >= 0.6 is 0 Å². The molecular weight excluding hydrogens is 448 g/mol. The average molecular weight is 470 g/mol. The van der Waals surface area contributed by atoms with Gasteiger partial charge in [-0.05, 0) is 55.5 Å². The van der Waals surface area contributed by atoms with Crippen LogP contribution in [-0.4, -0.2) is 58.9 Å². The second kappa shape index (κ2) is 9.14. The van der Waals surface area contributed by atoms with Gasteiger partial charge < -0.3 is 4.90 Å². The van der Waals surface area contributed by atoms with E-state index in [4.69, 9.17) is 0 Å². The number of hydrogen-bond donors (Lipinski definition) is 1. The van der Waals surface area contributed by atoms with Crippen LogP contribution in [0.15, 0.2) is 36.5 Å². The van der Waals surface area contributed by atoms with Crippen LogP contribution in [-0.2, 0) is 9.59 Å². The molecule has 9 heteroatoms. The Labute approximate surface area is 201 Å². The summed E-state index contributed by atoms with van der Waals surface area (Å²) in [6.45, 7) is 1.49. The number of pyridine rings is 1. The van der Waals surface area contributed by atoms with Gasteiger partial charge in [0.05, 0.1) is 11.1 Å². The first-order valence-corrected chi connectivity index (χ1v) is 11.5. The normalized spacial score (nSPS) is 20.3. The molecule has 2 aromatic rings. The molecule has 3 aliphatic rings. The number of nitrogens with one attached hydrogen (secondary N) is 1. The number of aldehydes is 1. The van der Waals surface area contributed by atoms with Gasteiger partial charge in [-0.15, -0.1) is 0 Å². The van der Waals surface area contributed by atoms with E-state index in [0.717, 1.165) is 42.8 Å². The van der Waals surface area contributed by atoms with Crippen LogP contribution in [0.25, 0.3) is 0 Å². The summed E-state index contributed by atoms with van der Waals surface area (Å²) in [5.41, 5.74) is 2.54. The van der Waals surface area contributed by atoms with E-state index >= 15 is 0 Å². The summed E-state index contributed by atoms with van der Waals surface area (Å²) in [4.78, 5) is 67.7. The first-order chi connectivity index (χ1) is 16.9. The van der Waals surface area contributed by atoms with Crippen molar-refractivity contribution >= 4 is 35.6 Å². The SMILES string of the molecule is O=Cc1ccc(C#CC2CCN(c3ccc4c(c3)C(=O)N(C3CCC(=O)NC3=O)C4=O)CC2)nc1. The van der Waals surface area contributed by atoms with Gasteiger partial charge in [-0.1, -0.05) is 5.92 Å². The Morgan fingerprint density at radius 1 is 0.971 bits per heavy atom. The van der Waals surface area contributed by atoms with Gasteiger partial charge in [0.25, 0.3) is 11.8 Å². The number of carbonyl (C=O) groups excluding carboxylic acids is 5. The summed E-state index contributed by atoms with van der Waals surface area (Å²) in [7, 11) is 0. The third-order valence-electron chi connectivity index (χ3n) is 6.61. The van der Waals surface area contributed by atoms with E-state index in [-0.39, 0.29) is 29.9 Å². The number of carbonyl (C=O) groups is 5. The lowest BCUT2D eigenvalue weighted by molar-refractivity contribution is -0.136. The van der Waals surface area contributed by atoms with E-state index in [1.165, 1.54) is 6.20 Å². The lowest BCUT2D eigenvalue weighted by Gasteiger charge is -2.31. The van der Waals surface area contributed by atoms with E-state index in [2.05, 4.69) is 27.0 Å². The number of rotatable bonds is 3. The minimum Gasteiger partial charge on any atom is -0.371 e. The Morgan fingerprint density at radius 3 is 2.43 bits per heavy atom. The van der Waals surface area contributed by atoms with Gasteiger partial charge in [-0.2, -0.15) is 0 Å². The Hall–Kier alpha value is -4.32. The number of nitrogens with zero attached hydrogens (tertiary/aromatic N) is 3. The standard InChI is InChI=1S/C26H22N4O5/c31-15-17-2-4-18(27-14-17)3-1-16-9-11-29(12-10-16)19-5-6-20-21(13-19)26(35)30(25(20)34)22-7-8-23(32)28-24(22)33/h2,4-6,13-16,22H,7-12H2,(H,28,32,33). The fourth-order valence-electron chi connectivity index (χ4n) is 4.66. The minimum absolute atomic E-state index is 0.0903. The summed E-state index contributed by atoms with van der Waals surface area (Å²) < 4.78 is 0. The molecule has 4 heterocycles. The van der Waals surface area contributed by atoms with Crippen LogP contribution in [0, 0.1) is 17.8 Å². The minimum atomic E-state index is -0.970. The molecule has 1 N–H and O–H groups in total. The molecule has 2 saturated heterocycles. The molecule has 4 amide bonds. The van der Waals surface area contributed by atoms with Crippen molar-refractivity contribution in [2.45, 2.75) is 31.7 Å². The number of fused-ring (bicyclic) bond motifs is 1. The van der Waals surface area contributed by atoms with Crippen molar-refractivity contribution in [3.63, 3.8) is 0 Å². The predicted octanol–water partition coefficient (Wildman–Crippen LogP) is 1.56. The molecule has 3 aliphatic heterocycles. The number of benzene rings is 1. The zero-order valence-electron chi connectivity index (χ0n) is 18.8. The Morgan fingerprint density at radius 2 is 1.74 bits per heavy atom. The summed E-state index contributed by atoms with van der Waals surface area (Å²) >= 11 is 0. The number of piperidine rings is 2. The molecule has 9 nitrogen and oxygen atoms in total. The molecule has 0 spiro atoms. The van der Waals surface area contributed by atoms with Gasteiger partial charge >= 0.3 is 0 Å². The van der Waals surface area contributed by atoms with E-state index in [0.29, 0.717) is 11.3 Å². The van der Waals surface area contributed by atoms with Gasteiger partial charge in [0.15, 0.2) is 6.29 Å². The molecule has 0 aliphatic carbocycles. The number of anilines is 1. The van der Waals surface area contributed by atoms with Gasteiger partial charge in [0, 0.05) is 42.9 Å². The summed E-state index contributed by atoms with van der Waals surface area (Å²) in [5, 5.41) is 2.21. The maximum Gasteiger partial charge on any atom is 0.262 e. The van der Waals surface area contributed by atoms with Crippen molar-refractivity contribution in [3.8, 4) is 11.8 Å². The highest BCUT2D eigenvalue weighted by atomic mass is 16.2. The molecule has 0 saturated carbocycles. The maximum absolute atomic E-state index is 13.1. The molecule has 35 heavy (non-hydrogen) atoms. The van der Waals surface area contributed by atoms with Crippen molar-refractivity contribution in [2.24, 2.45) is 5.92 Å². The quantitative estimate of drug-likeness (QED) is 0.411. The summed E-state index contributed by atoms with van der Waals surface area (Å²) in [6, 6.07) is 7.62. The van der Waals surface area contributed by atoms with Crippen LogP contribution < -0.4 is 10.2 Å². The zero-order chi connectivity index (χ0) is 24.5. The number of hydrogen-bond acceptors (Lipinski definition) is 7. The van der Waals surface area contributed by atoms with Gasteiger partial charge in [0.1, 0.15) is 11.7 Å². The molecule has 176 valence electrons. The molecule has 0 radical (unpaired) electrons. The predicted molar refractivity (Wildman–Crippen MR) is 125 cm³/mol. The number of imide groups is 2. The van der Waals surface area contributed by atoms with Crippen molar-refractivity contribution < 1.29 is 24.0 Å². The van der Waals surface area contributed by atoms with Gasteiger partial charge in [-0.25, -0.2) is 4.98 Å². The molecule has 1 aromatic heterocycles. The summed E-state index contributed by atoms with van der Waals surface area (Å²) in [6.07, 6.45) is 4.15. The largest absolute Gasteiger partial charge is 0.371 e. The average Bonchev–Trinajstić information content (AvgIpc) is 3.12. The molecular formula is C26H22N4O5. The van der Waals surface area contributed by atoms with Crippen molar-refractivity contribution in [3.05, 3.63) is 58.9 Å². The van der Waals surface area contributed by atoms with E-state index in [1.54, 1.807) is 24.3 Å². The topological polar surface area (TPSA) is 117 Å². The number of aromatic nitrogens is 1. The fourth-order valence-corrected chi connectivity index (χ4v) is 4.66. The lowest BCUT2D eigenvalue weighted by atomic mass is 9.96. The van der Waals surface area contributed by atoms with Crippen molar-refractivity contribution in [1.29, 1.82) is 0 Å². The molecule has 1 aromatic carbocycles. The lowest BCUT2D eigenvalue weighted by Crippen LogP contribution is -2.54. The number of amides is 4. The molecule has 0 bridgehead atoms. The Balaban J connectivity index is 1.25. The van der Waals surface area contributed by atoms with E-state index in [1.807, 2.05) is 6.07 Å². The summed E-state index contributed by atoms with van der Waals surface area (Å²) in [5.74, 6) is 4.51. The smallest absolute Gasteiger partial charge is 0.262 e. The Bertz CT molecular complexity index is 1300. The van der Waals surface area contributed by atoms with Crippen LogP contribution in [0.4, 0.5) is 5.69 Å². The van der Waals surface area contributed by atoms with Crippen molar-refractivity contribution in [1.82, 2.24) is 15.2 Å². The van der Waals surface area contributed by atoms with Crippen molar-refractivity contribution in [2.75, 3.05) is 18.0 Å². The first kappa shape index (κ1) is 22.5. The molecule has 5 rings (SSSR count). The van der Waals surface area contributed by atoms with Crippen LogP contribution in [0.2, 0.25) is 0 Å². The van der Waals surface area contributed by atoms with Crippen LogP contribution in [0.3, 0.4) is 0 Å². The van der Waals surface area contributed by atoms with Gasteiger partial charge in [-0.3, -0.25) is 34.2 Å². The highest BCUT2D eigenvalue weighted by molar-refractivity contribution is 6.23. The van der Waals surface area contributed by atoms with Crippen LogP contribution in [0.5, 0.6) is 0 Å². The zero-order valence-corrected chi connectivity index (χ0v) is 18.8. The van der Waals surface area contributed by atoms with Gasteiger partial charge in [0.2, 0.25) is 11.8 Å². The van der Waals surface area contributed by atoms with Crippen LogP contribution in [0.1, 0.15) is 62.5 Å². The molecule has 1 unspecified atom stereocenters. The fraction of sp³-hybridized carbons (Fsp3) is 0.308. The first-order valence-electron chi connectivity index (χ1n) is 11.5. The second-order valence-electron chi connectivity index (χ2n) is 8.80. The second-order valence-corrected chi connectivity index (χ2v) is 8.80. The molecule has 2 fully saturated rings. The molecule has 1 atom stereocenters. The third kappa shape index (κ3) is 4.30. The van der Waals surface area contributed by atoms with E-state index in [9.17, 15) is 24.0 Å². The maximum atomic E-state index is 13.1. The Kier molecular flexibility index (Phi) is 5.87.